The van der Waals surface area contributed by atoms with Crippen LogP contribution in [0.15, 0.2) is 34.7 Å². The van der Waals surface area contributed by atoms with Gasteiger partial charge in [-0.3, -0.25) is 9.59 Å². The summed E-state index contributed by atoms with van der Waals surface area (Å²) in [5.41, 5.74) is 0.583. The summed E-state index contributed by atoms with van der Waals surface area (Å²) >= 11 is 0. The number of furan rings is 1. The number of aliphatic hydroxyl groups is 1. The third-order valence-corrected chi connectivity index (χ3v) is 6.74. The van der Waals surface area contributed by atoms with Crippen LogP contribution < -0.4 is 10.6 Å². The monoisotopic (exact) mass is 465 g/mol. The summed E-state index contributed by atoms with van der Waals surface area (Å²) in [5, 5.41) is 16.9. The van der Waals surface area contributed by atoms with Crippen LogP contribution in [0, 0.1) is 5.92 Å². The van der Waals surface area contributed by atoms with Crippen molar-refractivity contribution >= 4 is 33.7 Å². The number of aliphatic hydroxyl groups excluding tert-OH is 1. The van der Waals surface area contributed by atoms with Crippen molar-refractivity contribution in [3.05, 3.63) is 36.1 Å². The molecule has 1 fully saturated rings. The van der Waals surface area contributed by atoms with E-state index in [1.807, 2.05) is 32.0 Å². The molecule has 3 rings (SSSR count). The summed E-state index contributed by atoms with van der Waals surface area (Å²) in [5.74, 6) is -0.668. The predicted molar refractivity (Wildman–Crippen MR) is 121 cm³/mol. The molecule has 3 N–H and O–H groups in total. The first-order chi connectivity index (χ1) is 15.2. The molecule has 1 aliphatic heterocycles. The summed E-state index contributed by atoms with van der Waals surface area (Å²) < 4.78 is 29.7. The number of nitrogens with zero attached hydrogens (tertiary/aromatic N) is 1. The largest absolute Gasteiger partial charge is 0.451 e. The fraction of sp³-hybridized carbons (Fsp3) is 0.545. The van der Waals surface area contributed by atoms with Crippen molar-refractivity contribution in [3.8, 4) is 0 Å². The van der Waals surface area contributed by atoms with Crippen molar-refractivity contribution in [3.63, 3.8) is 0 Å². The van der Waals surface area contributed by atoms with Crippen LogP contribution in [0.5, 0.6) is 0 Å². The number of β-amino-alcohol motifs (C(OH)–C–C–N with tert-alkyl or cyclic N) is 1. The van der Waals surface area contributed by atoms with Crippen molar-refractivity contribution in [1.82, 2.24) is 14.9 Å². The molecule has 2 heterocycles. The highest BCUT2D eigenvalue weighted by molar-refractivity contribution is 7.69. The molecule has 32 heavy (non-hydrogen) atoms. The summed E-state index contributed by atoms with van der Waals surface area (Å²) in [4.78, 5) is 25.8. The minimum Gasteiger partial charge on any atom is -0.451 e. The fourth-order valence-electron chi connectivity index (χ4n) is 3.97. The van der Waals surface area contributed by atoms with E-state index in [4.69, 9.17) is 4.42 Å². The quantitative estimate of drug-likeness (QED) is 0.458. The number of hydrogen-bond acceptors (Lipinski definition) is 6. The van der Waals surface area contributed by atoms with E-state index in [1.165, 1.54) is 4.31 Å². The number of rotatable bonds is 7. The molecule has 1 aromatic heterocycles. The molecule has 10 heteroatoms. The fourth-order valence-corrected chi connectivity index (χ4v) is 4.70. The van der Waals surface area contributed by atoms with Gasteiger partial charge in [0.25, 0.3) is 5.91 Å². The Morgan fingerprint density at radius 1 is 1.25 bits per heavy atom. The van der Waals surface area contributed by atoms with Crippen molar-refractivity contribution in [1.29, 1.82) is 0 Å². The van der Waals surface area contributed by atoms with Crippen molar-refractivity contribution in [2.75, 3.05) is 6.54 Å². The molecule has 0 unspecified atom stereocenters. The Morgan fingerprint density at radius 3 is 2.62 bits per heavy atom. The highest BCUT2D eigenvalue weighted by Gasteiger charge is 2.33. The van der Waals surface area contributed by atoms with Crippen LogP contribution in [-0.4, -0.2) is 60.4 Å². The minimum absolute atomic E-state index is 0.0784. The number of thiol groups is 1. The Hall–Kier alpha value is -2.43. The van der Waals surface area contributed by atoms with Gasteiger partial charge >= 0.3 is 0 Å². The Labute approximate surface area is 189 Å². The predicted octanol–water partition coefficient (Wildman–Crippen LogP) is 1.43. The normalized spacial score (nSPS) is 23.2. The van der Waals surface area contributed by atoms with Gasteiger partial charge in [-0.05, 0) is 44.2 Å². The zero-order valence-electron chi connectivity index (χ0n) is 18.5. The second-order valence-corrected chi connectivity index (χ2v) is 9.76. The van der Waals surface area contributed by atoms with Gasteiger partial charge in [0.1, 0.15) is 11.6 Å². The van der Waals surface area contributed by atoms with E-state index >= 15 is 0 Å². The maximum Gasteiger partial charge on any atom is 0.287 e. The van der Waals surface area contributed by atoms with E-state index < -0.39 is 40.9 Å². The van der Waals surface area contributed by atoms with E-state index in [1.54, 1.807) is 19.1 Å². The number of para-hydroxylation sites is 1. The Morgan fingerprint density at radius 2 is 1.97 bits per heavy atom. The van der Waals surface area contributed by atoms with Gasteiger partial charge < -0.3 is 20.2 Å². The highest BCUT2D eigenvalue weighted by Crippen LogP contribution is 2.20. The van der Waals surface area contributed by atoms with E-state index in [-0.39, 0.29) is 24.3 Å². The molecular formula is C22H31N3O6S. The van der Waals surface area contributed by atoms with E-state index in [0.717, 1.165) is 5.39 Å². The maximum absolute atomic E-state index is 13.0. The SMILES string of the molecule is CC(C)C[C@H](NC(=O)c1cc2ccccc2o1)C(=O)N[C@H]1CC[C@@H](C)N([SH](=O)=O)C[C@@H]1O. The Kier molecular flexibility index (Phi) is 7.91. The molecule has 1 saturated heterocycles. The zero-order valence-corrected chi connectivity index (χ0v) is 19.4. The molecule has 0 bridgehead atoms. The van der Waals surface area contributed by atoms with E-state index in [9.17, 15) is 23.1 Å². The maximum atomic E-state index is 13.0. The number of carbonyl (C=O) groups excluding carboxylic acids is 2. The number of benzene rings is 1. The minimum atomic E-state index is -2.82. The second-order valence-electron chi connectivity index (χ2n) is 8.77. The van der Waals surface area contributed by atoms with Crippen LogP contribution in [0.25, 0.3) is 11.0 Å². The van der Waals surface area contributed by atoms with Crippen molar-refractivity contribution in [2.24, 2.45) is 5.92 Å². The molecule has 1 aromatic carbocycles. The molecule has 2 aromatic rings. The molecule has 0 saturated carbocycles. The topological polar surface area (TPSA) is 129 Å². The standard InChI is InChI=1S/C22H31N3O6S/c1-13(2)10-17(24-22(28)20-11-15-6-4-5-7-19(15)31-20)21(27)23-16-9-8-14(3)25(32(29)30)12-18(16)26/h4-7,11,13-14,16-18,26,32H,8-10,12H2,1-3H3,(H,23,27)(H,24,28)/t14-,16+,17+,18+/m1/s1. The first-order valence-corrected chi connectivity index (χ1v) is 12.0. The smallest absolute Gasteiger partial charge is 0.287 e. The Balaban J connectivity index is 1.70. The van der Waals surface area contributed by atoms with Gasteiger partial charge in [-0.1, -0.05) is 32.0 Å². The lowest BCUT2D eigenvalue weighted by molar-refractivity contribution is -0.125. The number of nitrogens with one attached hydrogen (secondary N) is 2. The summed E-state index contributed by atoms with van der Waals surface area (Å²) in [6, 6.07) is 7.19. The molecule has 4 atom stereocenters. The van der Waals surface area contributed by atoms with Gasteiger partial charge in [-0.2, -0.15) is 4.31 Å². The highest BCUT2D eigenvalue weighted by atomic mass is 32.2. The summed E-state index contributed by atoms with van der Waals surface area (Å²) in [6.07, 6.45) is 0.295. The van der Waals surface area contributed by atoms with Crippen LogP contribution in [-0.2, 0) is 15.7 Å². The lowest BCUT2D eigenvalue weighted by atomic mass is 10.0. The van der Waals surface area contributed by atoms with Gasteiger partial charge in [0.05, 0.1) is 12.1 Å². The molecule has 0 aliphatic carbocycles. The molecule has 1 aliphatic rings. The molecule has 176 valence electrons. The second kappa shape index (κ2) is 10.5. The van der Waals surface area contributed by atoms with Gasteiger partial charge in [0.2, 0.25) is 16.8 Å². The summed E-state index contributed by atoms with van der Waals surface area (Å²) in [7, 11) is -2.82. The average Bonchev–Trinajstić information content (AvgIpc) is 3.11. The van der Waals surface area contributed by atoms with Gasteiger partial charge in [0.15, 0.2) is 5.76 Å². The Bertz CT molecular complexity index is 993. The van der Waals surface area contributed by atoms with Crippen molar-refractivity contribution < 1.29 is 27.5 Å². The number of carbonyl (C=O) groups is 2. The van der Waals surface area contributed by atoms with Gasteiger partial charge in [-0.15, -0.1) is 0 Å². The number of fused-ring (bicyclic) bond motifs is 1. The zero-order chi connectivity index (χ0) is 23.4. The molecule has 0 radical (unpaired) electrons. The number of amides is 2. The average molecular weight is 466 g/mol. The van der Waals surface area contributed by atoms with E-state index in [2.05, 4.69) is 10.6 Å². The first-order valence-electron chi connectivity index (χ1n) is 10.8. The van der Waals surface area contributed by atoms with Crippen LogP contribution >= 0.6 is 0 Å². The number of hydrogen-bond donors (Lipinski definition) is 4. The van der Waals surface area contributed by atoms with E-state index in [0.29, 0.717) is 24.8 Å². The first kappa shape index (κ1) is 24.2. The van der Waals surface area contributed by atoms with Crippen LogP contribution in [0.4, 0.5) is 0 Å². The summed E-state index contributed by atoms with van der Waals surface area (Å²) in [6.45, 7) is 5.58. The van der Waals surface area contributed by atoms with Gasteiger partial charge in [-0.25, -0.2) is 8.42 Å². The lowest BCUT2D eigenvalue weighted by Crippen LogP contribution is -2.53. The van der Waals surface area contributed by atoms with Gasteiger partial charge in [0, 0.05) is 18.0 Å². The third kappa shape index (κ3) is 5.87. The molecule has 2 amide bonds. The molecule has 0 spiro atoms. The lowest BCUT2D eigenvalue weighted by Gasteiger charge is -2.26. The van der Waals surface area contributed by atoms with Crippen molar-refractivity contribution in [2.45, 2.75) is 64.3 Å². The van der Waals surface area contributed by atoms with Crippen LogP contribution in [0.3, 0.4) is 0 Å². The molecule has 9 nitrogen and oxygen atoms in total. The van der Waals surface area contributed by atoms with Crippen LogP contribution in [0.2, 0.25) is 0 Å². The molecular weight excluding hydrogens is 434 g/mol. The van der Waals surface area contributed by atoms with Crippen LogP contribution in [0.1, 0.15) is 50.6 Å². The third-order valence-electron chi connectivity index (χ3n) is 5.76.